The Bertz CT molecular complexity index is 1770. The van der Waals surface area contributed by atoms with Gasteiger partial charge < -0.3 is 9.47 Å². The van der Waals surface area contributed by atoms with E-state index in [1.54, 1.807) is 42.9 Å². The summed E-state index contributed by atoms with van der Waals surface area (Å²) >= 11 is 7.51. The lowest BCUT2D eigenvalue weighted by Gasteiger charge is -2.26. The summed E-state index contributed by atoms with van der Waals surface area (Å²) in [4.78, 5) is 33.0. The first-order valence-electron chi connectivity index (χ1n) is 13.0. The summed E-state index contributed by atoms with van der Waals surface area (Å²) in [5.41, 5.74) is 3.94. The van der Waals surface area contributed by atoms with Gasteiger partial charge in [-0.3, -0.25) is 9.36 Å². The van der Waals surface area contributed by atoms with Gasteiger partial charge in [0, 0.05) is 16.1 Å². The van der Waals surface area contributed by atoms with E-state index in [0.717, 1.165) is 16.7 Å². The van der Waals surface area contributed by atoms with Crippen LogP contribution in [0.1, 0.15) is 55.0 Å². The van der Waals surface area contributed by atoms with E-state index >= 15 is 0 Å². The Balaban J connectivity index is 1.83. The number of ether oxygens (including phenoxy) is 2. The van der Waals surface area contributed by atoms with E-state index in [9.17, 15) is 9.59 Å². The predicted octanol–water partition coefficient (Wildman–Crippen LogP) is 5.72. The first-order valence-corrected chi connectivity index (χ1v) is 14.2. The van der Waals surface area contributed by atoms with Crippen molar-refractivity contribution in [3.05, 3.63) is 125 Å². The van der Waals surface area contributed by atoms with E-state index in [0.29, 0.717) is 42.9 Å². The number of methoxy groups -OCH3 is 1. The van der Waals surface area contributed by atoms with Crippen LogP contribution in [-0.2, 0) is 9.53 Å². The first-order chi connectivity index (χ1) is 19.3. The number of thiazole rings is 1. The summed E-state index contributed by atoms with van der Waals surface area (Å²) in [7, 11) is 1.57. The molecule has 0 amide bonds. The highest BCUT2D eigenvalue weighted by molar-refractivity contribution is 7.07. The average molecular weight is 573 g/mol. The Labute approximate surface area is 241 Å². The maximum atomic E-state index is 14.1. The molecule has 5 rings (SSSR count). The second-order valence-electron chi connectivity index (χ2n) is 9.64. The highest BCUT2D eigenvalue weighted by atomic mass is 35.5. The topological polar surface area (TPSA) is 69.9 Å². The van der Waals surface area contributed by atoms with Gasteiger partial charge in [0.2, 0.25) is 0 Å². The van der Waals surface area contributed by atoms with Gasteiger partial charge in [-0.15, -0.1) is 0 Å². The van der Waals surface area contributed by atoms with Crippen molar-refractivity contribution in [2.45, 2.75) is 32.7 Å². The fraction of sp³-hybridized carbons (Fsp3) is 0.219. The quantitative estimate of drug-likeness (QED) is 0.266. The summed E-state index contributed by atoms with van der Waals surface area (Å²) in [6.45, 7) is 6.21. The fourth-order valence-corrected chi connectivity index (χ4v) is 5.95. The van der Waals surface area contributed by atoms with Gasteiger partial charge in [-0.2, -0.15) is 0 Å². The number of rotatable bonds is 7. The monoisotopic (exact) mass is 572 g/mol. The van der Waals surface area contributed by atoms with E-state index < -0.39 is 12.0 Å². The molecule has 0 spiro atoms. The fourth-order valence-electron chi connectivity index (χ4n) is 4.78. The molecule has 204 valence electrons. The summed E-state index contributed by atoms with van der Waals surface area (Å²) in [5.74, 6) is 0.422. The molecule has 0 radical (unpaired) electrons. The SMILES string of the molecule is CCOC(=O)C1=C(c2ccccc2)N=c2s/c(=C\c3cc(Cl)ccc3OC)c(=O)n2[C@H]1c1ccc(C(C)C)cc1. The number of nitrogens with zero attached hydrogens (tertiary/aromatic N) is 2. The van der Waals surface area contributed by atoms with E-state index in [4.69, 9.17) is 26.1 Å². The summed E-state index contributed by atoms with van der Waals surface area (Å²) in [6, 6.07) is 22.1. The molecule has 2 heterocycles. The van der Waals surface area contributed by atoms with Crippen molar-refractivity contribution >= 4 is 40.7 Å². The van der Waals surface area contributed by atoms with Crippen molar-refractivity contribution in [2.75, 3.05) is 13.7 Å². The third kappa shape index (κ3) is 5.27. The van der Waals surface area contributed by atoms with Crippen molar-refractivity contribution in [3.63, 3.8) is 0 Å². The van der Waals surface area contributed by atoms with Crippen LogP contribution in [0.2, 0.25) is 5.02 Å². The second-order valence-corrected chi connectivity index (χ2v) is 11.1. The van der Waals surface area contributed by atoms with Gasteiger partial charge in [0.25, 0.3) is 5.56 Å². The lowest BCUT2D eigenvalue weighted by molar-refractivity contribution is -0.138. The van der Waals surface area contributed by atoms with Gasteiger partial charge in [-0.05, 0) is 48.2 Å². The highest BCUT2D eigenvalue weighted by Gasteiger charge is 2.35. The van der Waals surface area contributed by atoms with E-state index in [-0.39, 0.29) is 12.2 Å². The Hall–Kier alpha value is -3.94. The van der Waals surface area contributed by atoms with Crippen LogP contribution in [0.15, 0.2) is 88.2 Å². The van der Waals surface area contributed by atoms with Gasteiger partial charge >= 0.3 is 5.97 Å². The molecule has 0 fully saturated rings. The molecule has 1 atom stereocenters. The third-order valence-electron chi connectivity index (χ3n) is 6.77. The zero-order chi connectivity index (χ0) is 28.4. The zero-order valence-corrected chi connectivity index (χ0v) is 24.3. The molecule has 4 aromatic rings. The molecule has 0 saturated carbocycles. The number of halogens is 1. The van der Waals surface area contributed by atoms with Crippen LogP contribution in [0.5, 0.6) is 5.75 Å². The Morgan fingerprint density at radius 3 is 2.48 bits per heavy atom. The van der Waals surface area contributed by atoms with Crippen LogP contribution in [0.25, 0.3) is 11.8 Å². The second kappa shape index (κ2) is 11.7. The Morgan fingerprint density at radius 2 is 1.82 bits per heavy atom. The number of esters is 1. The molecule has 8 heteroatoms. The van der Waals surface area contributed by atoms with E-state index in [1.807, 2.05) is 54.6 Å². The summed E-state index contributed by atoms with van der Waals surface area (Å²) in [5, 5.41) is 0.527. The van der Waals surface area contributed by atoms with Crippen LogP contribution in [-0.4, -0.2) is 24.3 Å². The van der Waals surface area contributed by atoms with Crippen molar-refractivity contribution in [1.82, 2.24) is 4.57 Å². The van der Waals surface area contributed by atoms with Crippen molar-refractivity contribution in [3.8, 4) is 5.75 Å². The minimum Gasteiger partial charge on any atom is -0.496 e. The average Bonchev–Trinajstić information content (AvgIpc) is 3.27. The van der Waals surface area contributed by atoms with Gasteiger partial charge in [-0.25, -0.2) is 9.79 Å². The van der Waals surface area contributed by atoms with Crippen LogP contribution in [0.4, 0.5) is 0 Å². The number of hydrogen-bond acceptors (Lipinski definition) is 6. The predicted molar refractivity (Wildman–Crippen MR) is 160 cm³/mol. The smallest absolute Gasteiger partial charge is 0.338 e. The molecule has 6 nitrogen and oxygen atoms in total. The molecule has 0 saturated heterocycles. The number of fused-ring (bicyclic) bond motifs is 1. The molecule has 1 aromatic heterocycles. The minimum absolute atomic E-state index is 0.197. The van der Waals surface area contributed by atoms with E-state index in [2.05, 4.69) is 13.8 Å². The molecule has 0 aliphatic carbocycles. The van der Waals surface area contributed by atoms with Gasteiger partial charge in [0.15, 0.2) is 4.80 Å². The Morgan fingerprint density at radius 1 is 1.10 bits per heavy atom. The lowest BCUT2D eigenvalue weighted by atomic mass is 9.91. The minimum atomic E-state index is -0.727. The molecular formula is C32H29ClN2O4S. The molecular weight excluding hydrogens is 544 g/mol. The number of hydrogen-bond donors (Lipinski definition) is 0. The van der Waals surface area contributed by atoms with Crippen LogP contribution >= 0.6 is 22.9 Å². The largest absolute Gasteiger partial charge is 0.496 e. The third-order valence-corrected chi connectivity index (χ3v) is 7.99. The number of benzene rings is 3. The molecule has 40 heavy (non-hydrogen) atoms. The van der Waals surface area contributed by atoms with Crippen LogP contribution < -0.4 is 19.6 Å². The standard InChI is InChI=1S/C32H29ClN2O4S/c1-5-39-31(37)27-28(21-9-7-6-8-10-21)34-32-35(29(27)22-13-11-20(12-14-22)19(2)3)30(36)26(40-32)18-23-17-24(33)15-16-25(23)38-4/h6-19,29H,5H2,1-4H3/b26-18-/t29-/m0/s1. The van der Waals surface area contributed by atoms with Crippen molar-refractivity contribution in [1.29, 1.82) is 0 Å². The van der Waals surface area contributed by atoms with Gasteiger partial charge in [0.1, 0.15) is 5.75 Å². The van der Waals surface area contributed by atoms with Crippen LogP contribution in [0, 0.1) is 0 Å². The zero-order valence-electron chi connectivity index (χ0n) is 22.7. The van der Waals surface area contributed by atoms with Gasteiger partial charge in [0.05, 0.1) is 35.6 Å². The number of aromatic nitrogens is 1. The maximum Gasteiger partial charge on any atom is 0.338 e. The summed E-state index contributed by atoms with van der Waals surface area (Å²) in [6.07, 6.45) is 1.75. The number of carbonyl (C=O) groups excluding carboxylic acids is 1. The maximum absolute atomic E-state index is 14.1. The molecule has 1 aliphatic rings. The molecule has 1 aliphatic heterocycles. The van der Waals surface area contributed by atoms with E-state index in [1.165, 1.54) is 11.3 Å². The molecule has 0 unspecified atom stereocenters. The van der Waals surface area contributed by atoms with Crippen molar-refractivity contribution < 1.29 is 14.3 Å². The van der Waals surface area contributed by atoms with Gasteiger partial charge in [-0.1, -0.05) is 91.4 Å². The molecule has 0 bridgehead atoms. The normalized spacial score (nSPS) is 15.2. The number of carbonyl (C=O) groups is 1. The Kier molecular flexibility index (Phi) is 8.05. The van der Waals surface area contributed by atoms with Crippen LogP contribution in [0.3, 0.4) is 0 Å². The molecule has 3 aromatic carbocycles. The lowest BCUT2D eigenvalue weighted by Crippen LogP contribution is -2.40. The molecule has 0 N–H and O–H groups in total. The summed E-state index contributed by atoms with van der Waals surface area (Å²) < 4.78 is 13.1. The highest BCUT2D eigenvalue weighted by Crippen LogP contribution is 2.35. The first kappa shape index (κ1) is 27.6. The van der Waals surface area contributed by atoms with Crippen molar-refractivity contribution in [2.24, 2.45) is 4.99 Å².